The second-order valence-corrected chi connectivity index (χ2v) is 16.2. The molecule has 1 aliphatic rings. The fourth-order valence-electron chi connectivity index (χ4n) is 5.60. The van der Waals surface area contributed by atoms with E-state index in [9.17, 15) is 46.1 Å². The number of aliphatic hydroxyl groups excluding tert-OH is 1. The normalized spacial score (nSPS) is 14.2. The molecular weight excluding hydrogens is 733 g/mol. The quantitative estimate of drug-likeness (QED) is 0.0439. The highest BCUT2D eigenvalue weighted by Gasteiger charge is 2.36. The van der Waals surface area contributed by atoms with Crippen LogP contribution in [0.2, 0.25) is 0 Å². The Hall–Kier alpha value is -5.09. The van der Waals surface area contributed by atoms with Gasteiger partial charge in [-0.3, -0.25) is 18.9 Å². The summed E-state index contributed by atoms with van der Waals surface area (Å²) in [4.78, 5) is 38.1. The van der Waals surface area contributed by atoms with E-state index in [0.29, 0.717) is 5.69 Å². The van der Waals surface area contributed by atoms with Crippen LogP contribution in [0.4, 0.5) is 17.1 Å². The Morgan fingerprint density at radius 2 is 1.66 bits per heavy atom. The number of carbonyl (C=O) groups excluding carboxylic acids is 3. The molecule has 0 fully saturated rings. The molecule has 0 radical (unpaired) electrons. The van der Waals surface area contributed by atoms with E-state index in [4.69, 9.17) is 11.5 Å². The molecule has 0 bridgehead atoms. The van der Waals surface area contributed by atoms with Crippen molar-refractivity contribution < 1.29 is 46.1 Å². The van der Waals surface area contributed by atoms with Gasteiger partial charge in [0.25, 0.3) is 10.1 Å². The molecule has 0 saturated carbocycles. The van der Waals surface area contributed by atoms with Gasteiger partial charge in [-0.05, 0) is 30.2 Å². The summed E-state index contributed by atoms with van der Waals surface area (Å²) < 4.78 is 62.4. The van der Waals surface area contributed by atoms with Gasteiger partial charge in [0.1, 0.15) is 4.90 Å². The summed E-state index contributed by atoms with van der Waals surface area (Å²) in [6, 6.07) is 11.4. The number of carbonyl (C=O) groups is 3. The fourth-order valence-corrected chi connectivity index (χ4v) is 7.52. The van der Waals surface area contributed by atoms with Gasteiger partial charge >= 0.3 is 0 Å². The van der Waals surface area contributed by atoms with E-state index in [2.05, 4.69) is 20.9 Å². The molecule has 282 valence electrons. The first-order valence-corrected chi connectivity index (χ1v) is 19.2. The van der Waals surface area contributed by atoms with E-state index >= 15 is 0 Å². The third-order valence-electron chi connectivity index (χ3n) is 8.53. The first-order valence-electron chi connectivity index (χ1n) is 16.1. The van der Waals surface area contributed by atoms with Gasteiger partial charge in [0.2, 0.25) is 5.91 Å². The Labute approximate surface area is 304 Å². The smallest absolute Gasteiger partial charge is 0.296 e. The van der Waals surface area contributed by atoms with E-state index in [0.717, 1.165) is 11.1 Å². The SMILES string of the molecule is CC(C)C(N)C(=O)NCC(O)Cn1nncc1CN(O)CCS(=O)(=O)c1cccc(Nc2cc(S(=O)(=O)O)c(N)c3c2C(=O)c2ccccc2C3=O)c1. The number of aromatic nitrogens is 3. The largest absolute Gasteiger partial charge is 0.397 e. The lowest BCUT2D eigenvalue weighted by Gasteiger charge is -2.23. The van der Waals surface area contributed by atoms with Crippen molar-refractivity contribution in [3.8, 4) is 0 Å². The second-order valence-electron chi connectivity index (χ2n) is 12.7. The lowest BCUT2D eigenvalue weighted by molar-refractivity contribution is -0.123. The topological polar surface area (TPSA) is 290 Å². The molecule has 1 aromatic heterocycles. The van der Waals surface area contributed by atoms with Gasteiger partial charge in [-0.1, -0.05) is 49.4 Å². The average Bonchev–Trinajstić information content (AvgIpc) is 3.54. The Kier molecular flexibility index (Phi) is 11.4. The summed E-state index contributed by atoms with van der Waals surface area (Å²) in [6.07, 6.45) is 0.257. The Balaban J connectivity index is 1.29. The minimum absolute atomic E-state index is 0.00687. The zero-order chi connectivity index (χ0) is 38.8. The molecule has 18 nitrogen and oxygen atoms in total. The number of hydrogen-bond donors (Lipinski definition) is 7. The summed E-state index contributed by atoms with van der Waals surface area (Å²) in [5.41, 5.74) is 10.8. The van der Waals surface area contributed by atoms with Crippen LogP contribution in [0.3, 0.4) is 0 Å². The third-order valence-corrected chi connectivity index (χ3v) is 11.1. The van der Waals surface area contributed by atoms with Gasteiger partial charge in [-0.2, -0.15) is 13.5 Å². The first kappa shape index (κ1) is 39.1. The van der Waals surface area contributed by atoms with Crippen LogP contribution in [0.5, 0.6) is 0 Å². The van der Waals surface area contributed by atoms with Crippen molar-refractivity contribution in [2.24, 2.45) is 11.7 Å². The Morgan fingerprint density at radius 1 is 1.00 bits per heavy atom. The number of nitrogens with zero attached hydrogens (tertiary/aromatic N) is 4. The molecule has 2 unspecified atom stereocenters. The van der Waals surface area contributed by atoms with Crippen LogP contribution in [0.15, 0.2) is 70.6 Å². The summed E-state index contributed by atoms with van der Waals surface area (Å²) in [7, 11) is -9.05. The average molecular weight is 771 g/mol. The van der Waals surface area contributed by atoms with Crippen LogP contribution >= 0.6 is 0 Å². The maximum Gasteiger partial charge on any atom is 0.296 e. The number of anilines is 3. The van der Waals surface area contributed by atoms with Crippen LogP contribution in [0.25, 0.3) is 0 Å². The van der Waals surface area contributed by atoms with Gasteiger partial charge in [0, 0.05) is 29.9 Å². The van der Waals surface area contributed by atoms with Gasteiger partial charge in [-0.25, -0.2) is 13.1 Å². The lowest BCUT2D eigenvalue weighted by atomic mass is 9.82. The number of nitrogens with two attached hydrogens (primary N) is 2. The number of aliphatic hydroxyl groups is 1. The fraction of sp³-hybridized carbons (Fsp3) is 0.303. The molecule has 53 heavy (non-hydrogen) atoms. The standard InChI is InChI=1S/C33H38N8O10S2/c1-18(2)29(34)33(45)36-15-21(42)17-41-20(14-37-39-41)16-40(46)10-11-52(47,48)22-7-5-6-19(12-22)38-25-13-26(53(49,50)51)30(35)28-27(25)31(43)23-8-3-4-9-24(23)32(28)44/h3-9,12-14,18,21,29,38,42,46H,10-11,15-17,34-35H2,1-2H3,(H,36,45)(H,49,50,51). The number of amides is 1. The molecule has 1 aliphatic carbocycles. The molecule has 3 aromatic carbocycles. The number of rotatable bonds is 15. The second kappa shape index (κ2) is 15.5. The van der Waals surface area contributed by atoms with E-state index in [1.807, 2.05) is 0 Å². The first-order chi connectivity index (χ1) is 24.9. The van der Waals surface area contributed by atoms with Crippen molar-refractivity contribution in [3.05, 3.63) is 88.7 Å². The predicted molar refractivity (Wildman–Crippen MR) is 190 cm³/mol. The highest BCUT2D eigenvalue weighted by Crippen LogP contribution is 2.40. The monoisotopic (exact) mass is 770 g/mol. The molecule has 4 aromatic rings. The maximum atomic E-state index is 13.6. The van der Waals surface area contributed by atoms with Crippen molar-refractivity contribution >= 4 is 54.5 Å². The van der Waals surface area contributed by atoms with Gasteiger partial charge in [-0.15, -0.1) is 5.10 Å². The van der Waals surface area contributed by atoms with Gasteiger partial charge < -0.3 is 32.4 Å². The van der Waals surface area contributed by atoms with Crippen LogP contribution in [0, 0.1) is 5.92 Å². The van der Waals surface area contributed by atoms with Crippen LogP contribution in [-0.4, -0.2) is 100 Å². The number of sulfone groups is 1. The van der Waals surface area contributed by atoms with Crippen LogP contribution < -0.4 is 22.1 Å². The molecule has 20 heteroatoms. The number of fused-ring (bicyclic) bond motifs is 2. The number of nitrogens with one attached hydrogen (secondary N) is 2. The molecule has 9 N–H and O–H groups in total. The Bertz CT molecular complexity index is 2290. The van der Waals surface area contributed by atoms with E-state index < -0.39 is 71.5 Å². The summed E-state index contributed by atoms with van der Waals surface area (Å²) >= 11 is 0. The zero-order valence-electron chi connectivity index (χ0n) is 28.5. The maximum absolute atomic E-state index is 13.6. The minimum Gasteiger partial charge on any atom is -0.397 e. The molecule has 2 atom stereocenters. The highest BCUT2D eigenvalue weighted by atomic mass is 32.2. The number of benzene rings is 3. The van der Waals surface area contributed by atoms with Crippen LogP contribution in [0.1, 0.15) is 51.4 Å². The molecule has 0 aliphatic heterocycles. The summed E-state index contributed by atoms with van der Waals surface area (Å²) in [5, 5.41) is 34.8. The molecule has 1 heterocycles. The van der Waals surface area contributed by atoms with E-state index in [1.54, 1.807) is 19.9 Å². The van der Waals surface area contributed by atoms with Gasteiger partial charge in [0.15, 0.2) is 21.4 Å². The number of hydrogen-bond acceptors (Lipinski definition) is 15. The summed E-state index contributed by atoms with van der Waals surface area (Å²) in [6.45, 7) is 2.80. The predicted octanol–water partition coefficient (Wildman–Crippen LogP) is 0.752. The van der Waals surface area contributed by atoms with Crippen molar-refractivity contribution in [1.29, 1.82) is 0 Å². The zero-order valence-corrected chi connectivity index (χ0v) is 30.1. The number of nitrogen functional groups attached to an aromatic ring is 1. The number of hydroxylamine groups is 2. The Morgan fingerprint density at radius 3 is 2.30 bits per heavy atom. The van der Waals surface area contributed by atoms with Gasteiger partial charge in [0.05, 0.1) is 70.3 Å². The highest BCUT2D eigenvalue weighted by molar-refractivity contribution is 7.91. The molecule has 5 rings (SSSR count). The van der Waals surface area contributed by atoms with Crippen molar-refractivity contribution in [2.75, 3.05) is 29.9 Å². The number of ketones is 2. The molecule has 1 amide bonds. The van der Waals surface area contributed by atoms with Crippen molar-refractivity contribution in [3.63, 3.8) is 0 Å². The molecular formula is C33H38N8O10S2. The van der Waals surface area contributed by atoms with Crippen molar-refractivity contribution in [1.82, 2.24) is 25.4 Å². The third kappa shape index (κ3) is 8.60. The van der Waals surface area contributed by atoms with Crippen molar-refractivity contribution in [2.45, 2.75) is 48.9 Å². The molecule has 0 spiro atoms. The molecule has 0 saturated heterocycles. The lowest BCUT2D eigenvalue weighted by Crippen LogP contribution is -2.46. The van der Waals surface area contributed by atoms with E-state index in [1.165, 1.54) is 53.3 Å². The van der Waals surface area contributed by atoms with Crippen LogP contribution in [-0.2, 0) is 37.8 Å². The summed E-state index contributed by atoms with van der Waals surface area (Å²) in [5.74, 6) is -2.47. The minimum atomic E-state index is -4.98. The van der Waals surface area contributed by atoms with E-state index in [-0.39, 0.29) is 65.1 Å².